The molecule has 0 bridgehead atoms. The van der Waals surface area contributed by atoms with Gasteiger partial charge in [0.1, 0.15) is 6.04 Å². The third kappa shape index (κ3) is 3.84. The molecule has 0 spiro atoms. The molecule has 1 aliphatic heterocycles. The van der Waals surface area contributed by atoms with Crippen LogP contribution in [-0.2, 0) is 22.4 Å². The number of imide groups is 1. The first-order chi connectivity index (χ1) is 17.1. The number of nitrogens with zero attached hydrogens (tertiary/aromatic N) is 1. The third-order valence-corrected chi connectivity index (χ3v) is 7.23. The van der Waals surface area contributed by atoms with Crippen LogP contribution in [0, 0.1) is 0 Å². The summed E-state index contributed by atoms with van der Waals surface area (Å²) in [5.41, 5.74) is 5.45. The number of aryl methyl sites for hydroxylation is 1. The van der Waals surface area contributed by atoms with Crippen LogP contribution >= 0.6 is 0 Å². The van der Waals surface area contributed by atoms with Gasteiger partial charge in [0.05, 0.1) is 12.5 Å². The van der Waals surface area contributed by atoms with E-state index in [1.807, 2.05) is 48.7 Å². The number of carbonyl (C=O) groups is 3. The molecule has 8 nitrogen and oxygen atoms in total. The molecule has 4 aromatic rings. The van der Waals surface area contributed by atoms with Crippen LogP contribution in [-0.4, -0.2) is 45.3 Å². The molecule has 1 fully saturated rings. The smallest absolute Gasteiger partial charge is 0.324 e. The van der Waals surface area contributed by atoms with Crippen molar-refractivity contribution in [3.8, 4) is 0 Å². The minimum Gasteiger partial charge on any atom is -0.361 e. The van der Waals surface area contributed by atoms with E-state index in [9.17, 15) is 14.4 Å². The molecule has 2 atom stereocenters. The monoisotopic (exact) mass is 469 g/mol. The molecule has 2 aromatic heterocycles. The number of aromatic amines is 2. The summed E-state index contributed by atoms with van der Waals surface area (Å²) in [7, 11) is 0. The number of fused-ring (bicyclic) bond motifs is 4. The van der Waals surface area contributed by atoms with Crippen LogP contribution in [0.1, 0.15) is 42.1 Å². The summed E-state index contributed by atoms with van der Waals surface area (Å²) in [4.78, 5) is 46.2. The summed E-state index contributed by atoms with van der Waals surface area (Å²) >= 11 is 0. The molecule has 3 heterocycles. The van der Waals surface area contributed by atoms with E-state index in [-0.39, 0.29) is 30.8 Å². The summed E-state index contributed by atoms with van der Waals surface area (Å²) in [6.07, 6.45) is 5.20. The largest absolute Gasteiger partial charge is 0.361 e. The van der Waals surface area contributed by atoms with Crippen LogP contribution in [0.25, 0.3) is 21.8 Å². The molecule has 2 aromatic carbocycles. The quantitative estimate of drug-likeness (QED) is 0.323. The molecule has 8 heteroatoms. The lowest BCUT2D eigenvalue weighted by Gasteiger charge is -2.24. The second-order valence-electron chi connectivity index (χ2n) is 9.38. The van der Waals surface area contributed by atoms with E-state index in [2.05, 4.69) is 26.7 Å². The van der Waals surface area contributed by atoms with Gasteiger partial charge >= 0.3 is 6.03 Å². The molecule has 0 radical (unpaired) electrons. The van der Waals surface area contributed by atoms with Crippen LogP contribution in [0.2, 0.25) is 0 Å². The highest BCUT2D eigenvalue weighted by molar-refractivity contribution is 6.06. The number of amides is 4. The fourth-order valence-electron chi connectivity index (χ4n) is 5.50. The van der Waals surface area contributed by atoms with Gasteiger partial charge in [-0.2, -0.15) is 0 Å². The molecule has 6 rings (SSSR count). The molecule has 1 unspecified atom stereocenters. The lowest BCUT2D eigenvalue weighted by molar-refractivity contribution is -0.131. The Morgan fingerprint density at radius 1 is 1.03 bits per heavy atom. The van der Waals surface area contributed by atoms with Crippen molar-refractivity contribution in [3.63, 3.8) is 0 Å². The molecule has 178 valence electrons. The highest BCUT2D eigenvalue weighted by Crippen LogP contribution is 2.34. The first-order valence-corrected chi connectivity index (χ1v) is 12.1. The number of aromatic nitrogens is 2. The van der Waals surface area contributed by atoms with Crippen LogP contribution in [0.5, 0.6) is 0 Å². The van der Waals surface area contributed by atoms with Crippen LogP contribution in [0.15, 0.2) is 54.7 Å². The Morgan fingerprint density at radius 3 is 2.66 bits per heavy atom. The summed E-state index contributed by atoms with van der Waals surface area (Å²) in [5.74, 6) is -0.585. The van der Waals surface area contributed by atoms with Gasteiger partial charge < -0.3 is 20.6 Å². The number of H-pyrrole nitrogens is 2. The number of carbonyl (C=O) groups excluding carboxylic acids is 3. The van der Waals surface area contributed by atoms with Crippen molar-refractivity contribution >= 4 is 39.7 Å². The molecule has 1 saturated heterocycles. The lowest BCUT2D eigenvalue weighted by atomic mass is 9.91. The maximum atomic E-state index is 12.9. The van der Waals surface area contributed by atoms with E-state index >= 15 is 0 Å². The van der Waals surface area contributed by atoms with Gasteiger partial charge in [-0.25, -0.2) is 4.79 Å². The van der Waals surface area contributed by atoms with Gasteiger partial charge in [0.2, 0.25) is 5.91 Å². The van der Waals surface area contributed by atoms with Gasteiger partial charge in [-0.1, -0.05) is 36.4 Å². The van der Waals surface area contributed by atoms with E-state index in [4.69, 9.17) is 0 Å². The number of rotatable bonds is 6. The molecule has 35 heavy (non-hydrogen) atoms. The first-order valence-electron chi connectivity index (χ1n) is 12.1. The predicted molar refractivity (Wildman–Crippen MR) is 133 cm³/mol. The molecule has 1 aliphatic carbocycles. The molecule has 4 amide bonds. The van der Waals surface area contributed by atoms with Crippen molar-refractivity contribution < 1.29 is 14.4 Å². The standard InChI is InChI=1S/C27H27N5O3/c33-24(29-22-11-5-8-19-18-7-2-4-10-21(18)30-25(19)22)14-23-26(34)32(27(35)31-23)13-12-16-15-28-20-9-3-1-6-17(16)20/h1-4,6-7,9-10,15,22-23,28,30H,5,8,11-14H2,(H,29,33)(H,31,35)/t22?,23-/m0/s1. The Balaban J connectivity index is 1.10. The molecule has 4 N–H and O–H groups in total. The van der Waals surface area contributed by atoms with E-state index in [0.717, 1.165) is 46.9 Å². The zero-order valence-corrected chi connectivity index (χ0v) is 19.3. The number of hydrogen-bond donors (Lipinski definition) is 4. The van der Waals surface area contributed by atoms with Crippen LogP contribution < -0.4 is 10.6 Å². The Hall–Kier alpha value is -4.07. The molecular formula is C27H27N5O3. The highest BCUT2D eigenvalue weighted by atomic mass is 16.2. The van der Waals surface area contributed by atoms with Crippen LogP contribution in [0.4, 0.5) is 4.79 Å². The zero-order chi connectivity index (χ0) is 23.9. The Kier molecular flexibility index (Phi) is 5.28. The second kappa shape index (κ2) is 8.61. The third-order valence-electron chi connectivity index (χ3n) is 7.23. The molecule has 2 aliphatic rings. The SMILES string of the molecule is O=C(C[C@@H]1NC(=O)N(CCc2c[nH]c3ccccc23)C1=O)NC1CCCc2c1[nH]c1ccccc21. The van der Waals surface area contributed by atoms with Crippen molar-refractivity contribution in [2.24, 2.45) is 0 Å². The summed E-state index contributed by atoms with van der Waals surface area (Å²) in [5, 5.41) is 8.06. The topological polar surface area (TPSA) is 110 Å². The van der Waals surface area contributed by atoms with Gasteiger partial charge in [0.15, 0.2) is 0 Å². The molecular weight excluding hydrogens is 442 g/mol. The fraction of sp³-hybridized carbons (Fsp3) is 0.296. The van der Waals surface area contributed by atoms with E-state index < -0.39 is 12.1 Å². The number of hydrogen-bond acceptors (Lipinski definition) is 3. The van der Waals surface area contributed by atoms with Gasteiger partial charge in [0.25, 0.3) is 5.91 Å². The van der Waals surface area contributed by atoms with Crippen molar-refractivity contribution in [2.45, 2.75) is 44.2 Å². The Labute approximate surface area is 202 Å². The van der Waals surface area contributed by atoms with E-state index in [1.54, 1.807) is 0 Å². The Bertz CT molecular complexity index is 1450. The van der Waals surface area contributed by atoms with Crippen molar-refractivity contribution in [1.29, 1.82) is 0 Å². The summed E-state index contributed by atoms with van der Waals surface area (Å²) in [6.45, 7) is 0.270. The van der Waals surface area contributed by atoms with E-state index in [0.29, 0.717) is 6.42 Å². The molecule has 0 saturated carbocycles. The average molecular weight is 470 g/mol. The van der Waals surface area contributed by atoms with Gasteiger partial charge in [-0.3, -0.25) is 14.5 Å². The van der Waals surface area contributed by atoms with Crippen molar-refractivity contribution in [3.05, 3.63) is 71.5 Å². The Morgan fingerprint density at radius 2 is 1.80 bits per heavy atom. The number of urea groups is 1. The van der Waals surface area contributed by atoms with E-state index in [1.165, 1.54) is 15.8 Å². The van der Waals surface area contributed by atoms with Gasteiger partial charge in [0, 0.05) is 40.2 Å². The number of para-hydroxylation sites is 2. The zero-order valence-electron chi connectivity index (χ0n) is 19.3. The maximum Gasteiger partial charge on any atom is 0.324 e. The maximum absolute atomic E-state index is 12.9. The van der Waals surface area contributed by atoms with Gasteiger partial charge in [-0.15, -0.1) is 0 Å². The minimum absolute atomic E-state index is 0.0692. The lowest BCUT2D eigenvalue weighted by Crippen LogP contribution is -2.38. The summed E-state index contributed by atoms with van der Waals surface area (Å²) < 4.78 is 0. The average Bonchev–Trinajstić information content (AvgIpc) is 3.52. The number of benzene rings is 2. The number of nitrogens with one attached hydrogen (secondary N) is 4. The van der Waals surface area contributed by atoms with Gasteiger partial charge in [-0.05, 0) is 48.9 Å². The fourth-order valence-corrected chi connectivity index (χ4v) is 5.50. The first kappa shape index (κ1) is 21.5. The van der Waals surface area contributed by atoms with Crippen molar-refractivity contribution in [1.82, 2.24) is 25.5 Å². The normalized spacial score (nSPS) is 19.8. The minimum atomic E-state index is -0.837. The van der Waals surface area contributed by atoms with Crippen LogP contribution in [0.3, 0.4) is 0 Å². The van der Waals surface area contributed by atoms with Crippen molar-refractivity contribution in [2.75, 3.05) is 6.54 Å². The summed E-state index contributed by atoms with van der Waals surface area (Å²) in [6, 6.07) is 14.7. The predicted octanol–water partition coefficient (Wildman–Crippen LogP) is 3.70. The highest BCUT2D eigenvalue weighted by Gasteiger charge is 2.39. The second-order valence-corrected chi connectivity index (χ2v) is 9.38.